The highest BCUT2D eigenvalue weighted by atomic mass is 35.5. The van der Waals surface area contributed by atoms with E-state index in [1.54, 1.807) is 18.2 Å². The highest BCUT2D eigenvalue weighted by Crippen LogP contribution is 2.32. The van der Waals surface area contributed by atoms with Crippen molar-refractivity contribution < 1.29 is 0 Å². The van der Waals surface area contributed by atoms with Gasteiger partial charge in [-0.3, -0.25) is 0 Å². The van der Waals surface area contributed by atoms with Crippen molar-refractivity contribution in [1.82, 2.24) is 19.9 Å². The van der Waals surface area contributed by atoms with E-state index in [1.165, 1.54) is 11.8 Å². The molecule has 0 aliphatic carbocycles. The average Bonchev–Trinajstić information content (AvgIpc) is 2.70. The summed E-state index contributed by atoms with van der Waals surface area (Å²) < 4.78 is 0. The van der Waals surface area contributed by atoms with E-state index in [0.29, 0.717) is 26.4 Å². The van der Waals surface area contributed by atoms with Gasteiger partial charge in [-0.25, -0.2) is 4.98 Å². The molecule has 0 fully saturated rings. The number of H-pyrrole nitrogens is 1. The normalized spacial score (nSPS) is 11.1. The highest BCUT2D eigenvalue weighted by Gasteiger charge is 2.11. The van der Waals surface area contributed by atoms with Crippen molar-refractivity contribution in [3.05, 3.63) is 28.2 Å². The molecular weight excluding hydrogens is 319 g/mol. The third-order valence-electron chi connectivity index (χ3n) is 2.43. The van der Waals surface area contributed by atoms with Gasteiger partial charge in [-0.2, -0.15) is 9.97 Å². The van der Waals surface area contributed by atoms with Crippen molar-refractivity contribution in [2.24, 2.45) is 0 Å². The number of anilines is 2. The number of benzene rings is 1. The molecule has 5 N–H and O–H groups in total. The van der Waals surface area contributed by atoms with E-state index in [2.05, 4.69) is 19.9 Å². The molecule has 0 atom stereocenters. The standard InChI is InChI=1S/C11H8Cl2N6S/c12-4-1-5(13)3-6(2-4)20-11-16-7-8(14)17-10(15)18-9(7)19-11/h1-3H,(H5,14,15,16,17,18,19). The molecule has 102 valence electrons. The van der Waals surface area contributed by atoms with Gasteiger partial charge in [0.25, 0.3) is 0 Å². The summed E-state index contributed by atoms with van der Waals surface area (Å²) in [7, 11) is 0. The summed E-state index contributed by atoms with van der Waals surface area (Å²) in [6.45, 7) is 0. The molecule has 0 saturated carbocycles. The number of rotatable bonds is 2. The van der Waals surface area contributed by atoms with Gasteiger partial charge in [0, 0.05) is 14.9 Å². The zero-order valence-electron chi connectivity index (χ0n) is 9.89. The maximum absolute atomic E-state index is 5.95. The van der Waals surface area contributed by atoms with Crippen LogP contribution in [0, 0.1) is 0 Å². The smallest absolute Gasteiger partial charge is 0.224 e. The Morgan fingerprint density at radius 2 is 1.70 bits per heavy atom. The second-order valence-corrected chi connectivity index (χ2v) is 5.85. The number of hydrogen-bond acceptors (Lipinski definition) is 6. The molecule has 0 aliphatic rings. The minimum absolute atomic E-state index is 0.0869. The van der Waals surface area contributed by atoms with Crippen molar-refractivity contribution in [2.45, 2.75) is 10.1 Å². The molecule has 20 heavy (non-hydrogen) atoms. The van der Waals surface area contributed by atoms with Crippen LogP contribution in [0.5, 0.6) is 0 Å². The summed E-state index contributed by atoms with van der Waals surface area (Å²) in [5, 5.41) is 1.71. The Morgan fingerprint density at radius 1 is 1.00 bits per heavy atom. The number of nitrogens with two attached hydrogens (primary N) is 2. The Bertz CT molecular complexity index is 783. The molecule has 2 aromatic heterocycles. The van der Waals surface area contributed by atoms with Crippen LogP contribution in [0.25, 0.3) is 11.2 Å². The fourth-order valence-corrected chi connectivity index (χ4v) is 3.20. The van der Waals surface area contributed by atoms with Crippen LogP contribution in [-0.4, -0.2) is 19.9 Å². The molecular formula is C11H8Cl2N6S. The Hall–Kier alpha value is -1.70. The number of nitrogen functional groups attached to an aromatic ring is 2. The monoisotopic (exact) mass is 326 g/mol. The summed E-state index contributed by atoms with van der Waals surface area (Å²) in [5.41, 5.74) is 12.3. The topological polar surface area (TPSA) is 106 Å². The van der Waals surface area contributed by atoms with Gasteiger partial charge in [0.1, 0.15) is 5.52 Å². The number of fused-ring (bicyclic) bond motifs is 1. The average molecular weight is 327 g/mol. The largest absolute Gasteiger partial charge is 0.382 e. The number of nitrogens with one attached hydrogen (secondary N) is 1. The van der Waals surface area contributed by atoms with E-state index in [4.69, 9.17) is 34.7 Å². The van der Waals surface area contributed by atoms with E-state index >= 15 is 0 Å². The molecule has 0 radical (unpaired) electrons. The molecule has 9 heteroatoms. The Morgan fingerprint density at radius 3 is 2.40 bits per heavy atom. The highest BCUT2D eigenvalue weighted by molar-refractivity contribution is 7.99. The number of nitrogens with zero attached hydrogens (tertiary/aromatic N) is 3. The lowest BCUT2D eigenvalue weighted by molar-refractivity contribution is 1.07. The number of imidazole rings is 1. The molecule has 3 aromatic rings. The zero-order chi connectivity index (χ0) is 14.3. The van der Waals surface area contributed by atoms with Crippen LogP contribution < -0.4 is 11.5 Å². The lowest BCUT2D eigenvalue weighted by atomic mass is 10.4. The fourth-order valence-electron chi connectivity index (χ4n) is 1.66. The minimum Gasteiger partial charge on any atom is -0.382 e. The quantitative estimate of drug-likeness (QED) is 0.668. The van der Waals surface area contributed by atoms with Crippen molar-refractivity contribution in [1.29, 1.82) is 0 Å². The van der Waals surface area contributed by atoms with Gasteiger partial charge in [-0.05, 0) is 18.2 Å². The predicted molar refractivity (Wildman–Crippen MR) is 81.1 cm³/mol. The van der Waals surface area contributed by atoms with Crippen LogP contribution in [-0.2, 0) is 0 Å². The lowest BCUT2D eigenvalue weighted by Crippen LogP contribution is -1.99. The summed E-state index contributed by atoms with van der Waals surface area (Å²) in [4.78, 5) is 16.1. The first-order valence-corrected chi connectivity index (χ1v) is 7.01. The van der Waals surface area contributed by atoms with Gasteiger partial charge in [-0.15, -0.1) is 0 Å². The van der Waals surface area contributed by atoms with Crippen LogP contribution in [0.3, 0.4) is 0 Å². The maximum atomic E-state index is 5.95. The van der Waals surface area contributed by atoms with Crippen molar-refractivity contribution in [3.63, 3.8) is 0 Å². The van der Waals surface area contributed by atoms with Crippen LogP contribution in [0.2, 0.25) is 10.0 Å². The predicted octanol–water partition coefficient (Wildman–Crippen LogP) is 2.98. The van der Waals surface area contributed by atoms with Gasteiger partial charge in [-0.1, -0.05) is 35.0 Å². The second kappa shape index (κ2) is 5.01. The fraction of sp³-hybridized carbons (Fsp3) is 0. The van der Waals surface area contributed by atoms with E-state index in [-0.39, 0.29) is 11.8 Å². The zero-order valence-corrected chi connectivity index (χ0v) is 12.2. The van der Waals surface area contributed by atoms with E-state index in [0.717, 1.165) is 4.90 Å². The first kappa shape index (κ1) is 13.3. The SMILES string of the molecule is Nc1nc(N)c2[nH]c(Sc3cc(Cl)cc(Cl)c3)nc2n1. The number of aromatic nitrogens is 4. The molecule has 0 bridgehead atoms. The molecule has 0 aliphatic heterocycles. The van der Waals surface area contributed by atoms with E-state index in [1.807, 2.05) is 0 Å². The first-order chi connectivity index (χ1) is 9.51. The van der Waals surface area contributed by atoms with Gasteiger partial charge in [0.2, 0.25) is 5.95 Å². The van der Waals surface area contributed by atoms with E-state index < -0.39 is 0 Å². The first-order valence-electron chi connectivity index (χ1n) is 5.44. The summed E-state index contributed by atoms with van der Waals surface area (Å²) >= 11 is 13.3. The lowest BCUT2D eigenvalue weighted by Gasteiger charge is -1.99. The van der Waals surface area contributed by atoms with Gasteiger partial charge >= 0.3 is 0 Å². The Labute approximate surface area is 127 Å². The van der Waals surface area contributed by atoms with Crippen LogP contribution >= 0.6 is 35.0 Å². The summed E-state index contributed by atoms with van der Waals surface area (Å²) in [6.07, 6.45) is 0. The van der Waals surface area contributed by atoms with Crippen molar-refractivity contribution in [3.8, 4) is 0 Å². The number of hydrogen-bond donors (Lipinski definition) is 3. The second-order valence-electron chi connectivity index (χ2n) is 3.91. The molecule has 0 spiro atoms. The van der Waals surface area contributed by atoms with E-state index in [9.17, 15) is 0 Å². The summed E-state index contributed by atoms with van der Waals surface area (Å²) in [6, 6.07) is 5.24. The molecule has 2 heterocycles. The van der Waals surface area contributed by atoms with Gasteiger partial charge < -0.3 is 16.5 Å². The number of aromatic amines is 1. The molecule has 6 nitrogen and oxygen atoms in total. The molecule has 3 rings (SSSR count). The Balaban J connectivity index is 2.00. The van der Waals surface area contributed by atoms with Crippen LogP contribution in [0.4, 0.5) is 11.8 Å². The van der Waals surface area contributed by atoms with Crippen LogP contribution in [0.1, 0.15) is 0 Å². The molecule has 0 unspecified atom stereocenters. The van der Waals surface area contributed by atoms with Gasteiger partial charge in [0.15, 0.2) is 16.6 Å². The van der Waals surface area contributed by atoms with Crippen molar-refractivity contribution in [2.75, 3.05) is 11.5 Å². The number of halogens is 2. The molecule has 0 saturated heterocycles. The van der Waals surface area contributed by atoms with Crippen LogP contribution in [0.15, 0.2) is 28.3 Å². The third-order valence-corrected chi connectivity index (χ3v) is 3.72. The molecule has 0 amide bonds. The van der Waals surface area contributed by atoms with Crippen molar-refractivity contribution >= 4 is 57.9 Å². The third kappa shape index (κ3) is 2.60. The minimum atomic E-state index is 0.0869. The summed E-state index contributed by atoms with van der Waals surface area (Å²) in [5.74, 6) is 0.347. The Kier molecular flexibility index (Phi) is 3.33. The maximum Gasteiger partial charge on any atom is 0.224 e. The van der Waals surface area contributed by atoms with Gasteiger partial charge in [0.05, 0.1) is 0 Å². The molecule has 1 aromatic carbocycles.